The minimum Gasteiger partial charge on any atom is -0.398 e. The lowest BCUT2D eigenvalue weighted by atomic mass is 9.98. The van der Waals surface area contributed by atoms with E-state index in [1.54, 1.807) is 4.90 Å². The minimum atomic E-state index is -0.510. The fraction of sp³-hybridized carbons (Fsp3) is 0.500. The number of nitro benzene ring substituents is 1. The normalized spacial score (nSPS) is 18.9. The Labute approximate surface area is 117 Å². The average Bonchev–Trinajstić information content (AvgIpc) is 2.46. The zero-order chi connectivity index (χ0) is 14.7. The van der Waals surface area contributed by atoms with E-state index in [-0.39, 0.29) is 23.2 Å². The molecule has 0 bridgehead atoms. The van der Waals surface area contributed by atoms with E-state index in [9.17, 15) is 14.9 Å². The van der Waals surface area contributed by atoms with Crippen molar-refractivity contribution in [2.45, 2.75) is 38.6 Å². The molecule has 2 rings (SSSR count). The van der Waals surface area contributed by atoms with Gasteiger partial charge in [-0.3, -0.25) is 14.9 Å². The second kappa shape index (κ2) is 5.90. The third-order valence-electron chi connectivity index (χ3n) is 3.84. The van der Waals surface area contributed by atoms with E-state index in [0.717, 1.165) is 25.7 Å². The van der Waals surface area contributed by atoms with Crippen LogP contribution in [0.5, 0.6) is 0 Å². The van der Waals surface area contributed by atoms with Crippen molar-refractivity contribution in [1.29, 1.82) is 0 Å². The number of nitrogens with zero attached hydrogens (tertiary/aromatic N) is 2. The second-order valence-electron chi connectivity index (χ2n) is 5.09. The molecule has 1 fully saturated rings. The molecular formula is C14H19N3O3. The number of likely N-dealkylation sites (tertiary alicyclic amines) is 1. The van der Waals surface area contributed by atoms with E-state index in [1.807, 2.05) is 6.92 Å². The summed E-state index contributed by atoms with van der Waals surface area (Å²) >= 11 is 0. The van der Waals surface area contributed by atoms with Crippen LogP contribution in [0.3, 0.4) is 0 Å². The number of carbonyl (C=O) groups is 1. The molecule has 1 saturated heterocycles. The van der Waals surface area contributed by atoms with Gasteiger partial charge < -0.3 is 10.6 Å². The van der Waals surface area contributed by atoms with Crippen molar-refractivity contribution in [3.8, 4) is 0 Å². The fourth-order valence-corrected chi connectivity index (χ4v) is 2.69. The van der Waals surface area contributed by atoms with Crippen LogP contribution in [0.1, 0.15) is 43.0 Å². The SMILES string of the molecule is CCC1CCCCN1C(=O)c1cc([N+](=O)[O-])ccc1N. The molecular weight excluding hydrogens is 258 g/mol. The van der Waals surface area contributed by atoms with E-state index in [2.05, 4.69) is 0 Å². The zero-order valence-corrected chi connectivity index (χ0v) is 11.5. The Morgan fingerprint density at radius 3 is 2.90 bits per heavy atom. The largest absolute Gasteiger partial charge is 0.398 e. The molecule has 0 aromatic heterocycles. The first kappa shape index (κ1) is 14.3. The van der Waals surface area contributed by atoms with Gasteiger partial charge in [0, 0.05) is 30.4 Å². The fourth-order valence-electron chi connectivity index (χ4n) is 2.69. The maximum atomic E-state index is 12.6. The number of carbonyl (C=O) groups excluding carboxylic acids is 1. The predicted octanol–water partition coefficient (Wildman–Crippen LogP) is 2.58. The topological polar surface area (TPSA) is 89.5 Å². The molecule has 108 valence electrons. The summed E-state index contributed by atoms with van der Waals surface area (Å²) in [6.45, 7) is 2.74. The molecule has 0 spiro atoms. The Kier molecular flexibility index (Phi) is 4.22. The Morgan fingerprint density at radius 2 is 2.25 bits per heavy atom. The van der Waals surface area contributed by atoms with Gasteiger partial charge in [0.2, 0.25) is 0 Å². The highest BCUT2D eigenvalue weighted by atomic mass is 16.6. The van der Waals surface area contributed by atoms with Gasteiger partial charge in [-0.1, -0.05) is 6.92 Å². The quantitative estimate of drug-likeness (QED) is 0.522. The zero-order valence-electron chi connectivity index (χ0n) is 11.5. The molecule has 0 aliphatic carbocycles. The van der Waals surface area contributed by atoms with Gasteiger partial charge in [0.1, 0.15) is 0 Å². The van der Waals surface area contributed by atoms with Crippen LogP contribution in [0.15, 0.2) is 18.2 Å². The summed E-state index contributed by atoms with van der Waals surface area (Å²) < 4.78 is 0. The lowest BCUT2D eigenvalue weighted by molar-refractivity contribution is -0.384. The van der Waals surface area contributed by atoms with Crippen LogP contribution < -0.4 is 5.73 Å². The van der Waals surface area contributed by atoms with Gasteiger partial charge in [0.25, 0.3) is 11.6 Å². The van der Waals surface area contributed by atoms with Crippen molar-refractivity contribution in [2.75, 3.05) is 12.3 Å². The Balaban J connectivity index is 2.32. The monoisotopic (exact) mass is 277 g/mol. The van der Waals surface area contributed by atoms with Crippen molar-refractivity contribution in [2.24, 2.45) is 0 Å². The Hall–Kier alpha value is -2.11. The molecule has 2 N–H and O–H groups in total. The Morgan fingerprint density at radius 1 is 1.50 bits per heavy atom. The van der Waals surface area contributed by atoms with Crippen LogP contribution in [0.25, 0.3) is 0 Å². The molecule has 1 unspecified atom stereocenters. The summed E-state index contributed by atoms with van der Waals surface area (Å²) in [5, 5.41) is 10.8. The molecule has 6 nitrogen and oxygen atoms in total. The van der Waals surface area contributed by atoms with Crippen LogP contribution in [0.2, 0.25) is 0 Å². The Bertz CT molecular complexity index is 530. The van der Waals surface area contributed by atoms with Gasteiger partial charge in [0.05, 0.1) is 10.5 Å². The van der Waals surface area contributed by atoms with Gasteiger partial charge in [-0.05, 0) is 31.7 Å². The van der Waals surface area contributed by atoms with Gasteiger partial charge >= 0.3 is 0 Å². The molecule has 1 heterocycles. The van der Waals surface area contributed by atoms with Crippen molar-refractivity contribution in [1.82, 2.24) is 4.90 Å². The highest BCUT2D eigenvalue weighted by Gasteiger charge is 2.28. The summed E-state index contributed by atoms with van der Waals surface area (Å²) in [5.41, 5.74) is 6.24. The van der Waals surface area contributed by atoms with Gasteiger partial charge in [-0.2, -0.15) is 0 Å². The number of nitrogens with two attached hydrogens (primary N) is 1. The lowest BCUT2D eigenvalue weighted by Gasteiger charge is -2.35. The number of nitrogen functional groups attached to an aromatic ring is 1. The van der Waals surface area contributed by atoms with E-state index >= 15 is 0 Å². The predicted molar refractivity (Wildman–Crippen MR) is 76.5 cm³/mol. The number of anilines is 1. The van der Waals surface area contributed by atoms with E-state index in [4.69, 9.17) is 5.73 Å². The maximum absolute atomic E-state index is 12.6. The van der Waals surface area contributed by atoms with Crippen LogP contribution in [-0.2, 0) is 0 Å². The molecule has 0 saturated carbocycles. The van der Waals surface area contributed by atoms with Crippen molar-refractivity contribution < 1.29 is 9.72 Å². The average molecular weight is 277 g/mol. The van der Waals surface area contributed by atoms with Crippen LogP contribution in [-0.4, -0.2) is 28.3 Å². The summed E-state index contributed by atoms with van der Waals surface area (Å²) in [5.74, 6) is -0.197. The van der Waals surface area contributed by atoms with E-state index in [0.29, 0.717) is 12.2 Å². The third-order valence-corrected chi connectivity index (χ3v) is 3.84. The van der Waals surface area contributed by atoms with Crippen molar-refractivity contribution >= 4 is 17.3 Å². The maximum Gasteiger partial charge on any atom is 0.270 e. The smallest absolute Gasteiger partial charge is 0.270 e. The highest BCUT2D eigenvalue weighted by molar-refractivity contribution is 6.00. The number of piperidine rings is 1. The molecule has 1 aromatic carbocycles. The van der Waals surface area contributed by atoms with Gasteiger partial charge in [-0.25, -0.2) is 0 Å². The molecule has 1 aliphatic heterocycles. The van der Waals surface area contributed by atoms with E-state index in [1.165, 1.54) is 18.2 Å². The molecule has 1 aromatic rings. The van der Waals surface area contributed by atoms with Crippen LogP contribution in [0.4, 0.5) is 11.4 Å². The molecule has 1 amide bonds. The summed E-state index contributed by atoms with van der Waals surface area (Å²) in [6, 6.07) is 4.23. The molecule has 6 heteroatoms. The summed E-state index contributed by atoms with van der Waals surface area (Å²) in [4.78, 5) is 24.7. The van der Waals surface area contributed by atoms with Crippen LogP contribution in [0, 0.1) is 10.1 Å². The van der Waals surface area contributed by atoms with Gasteiger partial charge in [0.15, 0.2) is 0 Å². The van der Waals surface area contributed by atoms with Crippen molar-refractivity contribution in [3.63, 3.8) is 0 Å². The third kappa shape index (κ3) is 2.74. The number of benzene rings is 1. The summed E-state index contributed by atoms with van der Waals surface area (Å²) in [7, 11) is 0. The highest BCUT2D eigenvalue weighted by Crippen LogP contribution is 2.26. The number of rotatable bonds is 3. The molecule has 20 heavy (non-hydrogen) atoms. The van der Waals surface area contributed by atoms with Gasteiger partial charge in [-0.15, -0.1) is 0 Å². The lowest BCUT2D eigenvalue weighted by Crippen LogP contribution is -2.43. The van der Waals surface area contributed by atoms with Crippen LogP contribution >= 0.6 is 0 Å². The molecule has 0 radical (unpaired) electrons. The molecule has 1 aliphatic rings. The standard InChI is InChI=1S/C14H19N3O3/c1-2-10-5-3-4-8-16(10)14(18)12-9-11(17(19)20)6-7-13(12)15/h6-7,9-10H,2-5,8,15H2,1H3. The number of hydrogen-bond acceptors (Lipinski definition) is 4. The molecule has 1 atom stereocenters. The van der Waals surface area contributed by atoms with Crippen molar-refractivity contribution in [3.05, 3.63) is 33.9 Å². The first-order chi connectivity index (χ1) is 9.54. The van der Waals surface area contributed by atoms with E-state index < -0.39 is 4.92 Å². The second-order valence-corrected chi connectivity index (χ2v) is 5.09. The number of nitro groups is 1. The summed E-state index contributed by atoms with van der Waals surface area (Å²) in [6.07, 6.45) is 3.96. The number of hydrogen-bond donors (Lipinski definition) is 1. The number of amides is 1. The number of non-ortho nitro benzene ring substituents is 1. The first-order valence-corrected chi connectivity index (χ1v) is 6.89. The first-order valence-electron chi connectivity index (χ1n) is 6.89. The minimum absolute atomic E-state index is 0.104.